The molecule has 1 aromatic carbocycles. The van der Waals surface area contributed by atoms with Gasteiger partial charge < -0.3 is 20.9 Å². The van der Waals surface area contributed by atoms with Crippen molar-refractivity contribution in [1.82, 2.24) is 5.32 Å². The number of carbonyl (C=O) groups is 1. The summed E-state index contributed by atoms with van der Waals surface area (Å²) in [7, 11) is 0. The van der Waals surface area contributed by atoms with E-state index in [0.717, 1.165) is 56.9 Å². The van der Waals surface area contributed by atoms with Gasteiger partial charge >= 0.3 is 0 Å². The average molecular weight is 417 g/mol. The van der Waals surface area contributed by atoms with Crippen LogP contribution in [0.4, 0.5) is 4.39 Å². The number of nitrogens with two attached hydrogens (primary N) is 1. The van der Waals surface area contributed by atoms with Crippen LogP contribution in [0.3, 0.4) is 0 Å². The Bertz CT molecular complexity index is 780. The summed E-state index contributed by atoms with van der Waals surface area (Å²) in [4.78, 5) is 13.4. The highest BCUT2D eigenvalue weighted by atomic mass is 19.1. The molecular formula is C24H33FN2O3. The summed E-state index contributed by atoms with van der Waals surface area (Å²) in [5, 5.41) is 13.5. The lowest BCUT2D eigenvalue weighted by Crippen LogP contribution is -2.55. The van der Waals surface area contributed by atoms with Gasteiger partial charge in [0.15, 0.2) is 0 Å². The van der Waals surface area contributed by atoms with Gasteiger partial charge in [-0.15, -0.1) is 0 Å². The summed E-state index contributed by atoms with van der Waals surface area (Å²) >= 11 is 0. The normalized spacial score (nSPS) is 29.9. The molecule has 164 valence electrons. The molecule has 4 N–H and O–H groups in total. The van der Waals surface area contributed by atoms with Crippen LogP contribution >= 0.6 is 0 Å². The number of ether oxygens (including phenoxy) is 1. The van der Waals surface area contributed by atoms with Gasteiger partial charge in [-0.2, -0.15) is 0 Å². The first-order chi connectivity index (χ1) is 14.5. The van der Waals surface area contributed by atoms with E-state index in [1.807, 2.05) is 24.3 Å². The van der Waals surface area contributed by atoms with Gasteiger partial charge in [-0.3, -0.25) is 4.79 Å². The van der Waals surface area contributed by atoms with Gasteiger partial charge in [0.05, 0.1) is 17.3 Å². The van der Waals surface area contributed by atoms with Crippen LogP contribution in [-0.2, 0) is 4.79 Å². The Morgan fingerprint density at radius 2 is 1.93 bits per heavy atom. The molecule has 0 aromatic heterocycles. The van der Waals surface area contributed by atoms with Gasteiger partial charge in [0, 0.05) is 18.7 Å². The second-order valence-electron chi connectivity index (χ2n) is 9.48. The number of aliphatic hydroxyl groups is 1. The van der Waals surface area contributed by atoms with E-state index < -0.39 is 5.60 Å². The third kappa shape index (κ3) is 4.12. The van der Waals surface area contributed by atoms with Crippen molar-refractivity contribution in [2.24, 2.45) is 17.1 Å². The monoisotopic (exact) mass is 416 g/mol. The fourth-order valence-electron chi connectivity index (χ4n) is 5.47. The summed E-state index contributed by atoms with van der Waals surface area (Å²) in [6.07, 6.45) is 8.13. The Labute approximate surface area is 177 Å². The number of fused-ring (bicyclic) bond motifs is 3. The maximum Gasteiger partial charge on any atom is 0.226 e. The van der Waals surface area contributed by atoms with Crippen molar-refractivity contribution < 1.29 is 19.0 Å². The molecule has 0 heterocycles. The highest BCUT2D eigenvalue weighted by Crippen LogP contribution is 2.58. The fraction of sp³-hybridized carbons (Fsp3) is 0.625. The third-order valence-electron chi connectivity index (χ3n) is 7.67. The van der Waals surface area contributed by atoms with Crippen LogP contribution in [0.25, 0.3) is 0 Å². The van der Waals surface area contributed by atoms with Gasteiger partial charge in [0.2, 0.25) is 5.91 Å². The van der Waals surface area contributed by atoms with Crippen LogP contribution in [0.2, 0.25) is 0 Å². The Balaban J connectivity index is 1.46. The SMILES string of the molecule is NC/C(=C\F)COc1ccc(C2CC3CCC2(C(=O)NCC2(O)CCC2)CC3)cc1. The van der Waals surface area contributed by atoms with Crippen molar-refractivity contribution in [3.8, 4) is 5.75 Å². The first-order valence-corrected chi connectivity index (χ1v) is 11.2. The zero-order valence-electron chi connectivity index (χ0n) is 17.5. The van der Waals surface area contributed by atoms with E-state index in [4.69, 9.17) is 10.5 Å². The molecule has 6 heteroatoms. The van der Waals surface area contributed by atoms with E-state index in [2.05, 4.69) is 5.32 Å². The Morgan fingerprint density at radius 3 is 2.50 bits per heavy atom. The van der Waals surface area contributed by atoms with Crippen molar-refractivity contribution >= 4 is 5.91 Å². The van der Waals surface area contributed by atoms with Gasteiger partial charge in [-0.25, -0.2) is 4.39 Å². The smallest absolute Gasteiger partial charge is 0.226 e. The predicted octanol–water partition coefficient (Wildman–Crippen LogP) is 3.57. The van der Waals surface area contributed by atoms with Crippen molar-refractivity contribution in [2.75, 3.05) is 19.7 Å². The molecule has 0 spiro atoms. The van der Waals surface area contributed by atoms with Crippen molar-refractivity contribution in [2.45, 2.75) is 62.9 Å². The molecule has 0 saturated heterocycles. The predicted molar refractivity (Wildman–Crippen MR) is 114 cm³/mol. The second-order valence-corrected chi connectivity index (χ2v) is 9.48. The molecule has 5 rings (SSSR count). The van der Waals surface area contributed by atoms with E-state index in [9.17, 15) is 14.3 Å². The lowest BCUT2D eigenvalue weighted by atomic mass is 9.53. The Kier molecular flexibility index (Phi) is 6.16. The number of amides is 1. The molecule has 0 radical (unpaired) electrons. The fourth-order valence-corrected chi connectivity index (χ4v) is 5.47. The molecule has 4 aliphatic rings. The molecule has 4 aliphatic carbocycles. The summed E-state index contributed by atoms with van der Waals surface area (Å²) in [6.45, 7) is 0.625. The molecule has 30 heavy (non-hydrogen) atoms. The number of hydrogen-bond donors (Lipinski definition) is 3. The van der Waals surface area contributed by atoms with Crippen LogP contribution in [0.15, 0.2) is 36.2 Å². The molecule has 4 saturated carbocycles. The quantitative estimate of drug-likeness (QED) is 0.605. The number of nitrogens with one attached hydrogen (secondary N) is 1. The minimum atomic E-state index is -0.705. The minimum absolute atomic E-state index is 0.104. The average Bonchev–Trinajstić information content (AvgIpc) is 2.78. The van der Waals surface area contributed by atoms with Crippen LogP contribution in [-0.4, -0.2) is 36.3 Å². The number of hydrogen-bond acceptors (Lipinski definition) is 4. The van der Waals surface area contributed by atoms with Gasteiger partial charge in [-0.1, -0.05) is 12.1 Å². The highest BCUT2D eigenvalue weighted by Gasteiger charge is 2.53. The topological polar surface area (TPSA) is 84.6 Å². The van der Waals surface area contributed by atoms with E-state index >= 15 is 0 Å². The first kappa shape index (κ1) is 21.3. The van der Waals surface area contributed by atoms with Crippen LogP contribution in [0.5, 0.6) is 5.75 Å². The molecule has 2 bridgehead atoms. The molecule has 1 atom stereocenters. The van der Waals surface area contributed by atoms with Crippen LogP contribution < -0.4 is 15.8 Å². The lowest BCUT2D eigenvalue weighted by molar-refractivity contribution is -0.141. The second kappa shape index (κ2) is 8.67. The minimum Gasteiger partial charge on any atom is -0.489 e. The Hall–Kier alpha value is -1.92. The number of carbonyl (C=O) groups excluding carboxylic acids is 1. The Morgan fingerprint density at radius 1 is 1.23 bits per heavy atom. The molecule has 1 amide bonds. The van der Waals surface area contributed by atoms with E-state index in [1.165, 1.54) is 0 Å². The van der Waals surface area contributed by atoms with E-state index in [0.29, 0.717) is 30.1 Å². The standard InChI is InChI=1S/C24H33FN2O3/c25-13-18(14-26)15-30-20-4-2-19(3-5-20)21-12-17-6-10-24(21,11-7-17)22(28)27-16-23(29)8-1-9-23/h2-5,13,17,21,29H,1,6-12,14-16,26H2,(H,27,28)/b18-13+. The number of rotatable bonds is 8. The molecular weight excluding hydrogens is 383 g/mol. The number of benzene rings is 1. The van der Waals surface area contributed by atoms with E-state index in [1.54, 1.807) is 0 Å². The summed E-state index contributed by atoms with van der Waals surface area (Å²) in [5.74, 6) is 1.63. The van der Waals surface area contributed by atoms with E-state index in [-0.39, 0.29) is 30.4 Å². The molecule has 0 aliphatic heterocycles. The van der Waals surface area contributed by atoms with Crippen molar-refractivity contribution in [3.05, 3.63) is 41.7 Å². The van der Waals surface area contributed by atoms with Crippen LogP contribution in [0.1, 0.15) is 62.8 Å². The number of halogens is 1. The molecule has 5 nitrogen and oxygen atoms in total. The highest BCUT2D eigenvalue weighted by molar-refractivity contribution is 5.84. The lowest BCUT2D eigenvalue weighted by Gasteiger charge is -2.51. The van der Waals surface area contributed by atoms with Crippen molar-refractivity contribution in [1.29, 1.82) is 0 Å². The third-order valence-corrected chi connectivity index (χ3v) is 7.67. The summed E-state index contributed by atoms with van der Waals surface area (Å²) in [5.41, 5.74) is 5.94. The molecule has 4 fully saturated rings. The van der Waals surface area contributed by atoms with Gasteiger partial charge in [-0.05, 0) is 80.9 Å². The zero-order valence-corrected chi connectivity index (χ0v) is 17.5. The molecule has 1 aromatic rings. The first-order valence-electron chi connectivity index (χ1n) is 11.2. The van der Waals surface area contributed by atoms with Crippen LogP contribution in [0, 0.1) is 11.3 Å². The van der Waals surface area contributed by atoms with Gasteiger partial charge in [0.1, 0.15) is 12.4 Å². The maximum absolute atomic E-state index is 13.4. The summed E-state index contributed by atoms with van der Waals surface area (Å²) < 4.78 is 18.3. The zero-order chi connectivity index (χ0) is 21.2. The molecule has 1 unspecified atom stereocenters. The van der Waals surface area contributed by atoms with Crippen molar-refractivity contribution in [3.63, 3.8) is 0 Å². The maximum atomic E-state index is 13.4. The largest absolute Gasteiger partial charge is 0.489 e. The summed E-state index contributed by atoms with van der Waals surface area (Å²) in [6, 6.07) is 7.87. The van der Waals surface area contributed by atoms with Gasteiger partial charge in [0.25, 0.3) is 0 Å².